The van der Waals surface area contributed by atoms with E-state index in [-0.39, 0.29) is 0 Å². The molecule has 0 radical (unpaired) electrons. The van der Waals surface area contributed by atoms with Crippen LogP contribution in [0.1, 0.15) is 79.1 Å². The second-order valence-electron chi connectivity index (χ2n) is 6.48. The van der Waals surface area contributed by atoms with Gasteiger partial charge in [-0.2, -0.15) is 0 Å². The predicted octanol–water partition coefficient (Wildman–Crippen LogP) is 4.53. The lowest BCUT2D eigenvalue weighted by molar-refractivity contribution is 0.0170. The highest BCUT2D eigenvalue weighted by molar-refractivity contribution is 4.86. The van der Waals surface area contributed by atoms with Crippen LogP contribution < -0.4 is 5.32 Å². The van der Waals surface area contributed by atoms with E-state index in [1.165, 1.54) is 57.9 Å². The van der Waals surface area contributed by atoms with E-state index in [0.717, 1.165) is 6.54 Å². The average molecular weight is 269 g/mol. The first-order valence-corrected chi connectivity index (χ1v) is 8.52. The van der Waals surface area contributed by atoms with E-state index < -0.39 is 0 Å². The summed E-state index contributed by atoms with van der Waals surface area (Å²) in [5.41, 5.74) is 0.458. The second-order valence-corrected chi connectivity index (χ2v) is 6.48. The van der Waals surface area contributed by atoms with Crippen molar-refractivity contribution in [2.75, 3.05) is 13.1 Å². The van der Waals surface area contributed by atoms with Crippen LogP contribution in [-0.2, 0) is 4.74 Å². The molecule has 1 saturated heterocycles. The maximum atomic E-state index is 6.08. The van der Waals surface area contributed by atoms with Crippen molar-refractivity contribution in [2.24, 2.45) is 5.41 Å². The molecule has 0 spiro atoms. The monoisotopic (exact) mass is 269 g/mol. The molecule has 2 heteroatoms. The summed E-state index contributed by atoms with van der Waals surface area (Å²) in [7, 11) is 0. The van der Waals surface area contributed by atoms with Crippen LogP contribution in [0.2, 0.25) is 0 Å². The van der Waals surface area contributed by atoms with E-state index in [1.54, 1.807) is 0 Å². The van der Waals surface area contributed by atoms with Crippen LogP contribution in [0.25, 0.3) is 0 Å². The Hall–Kier alpha value is -0.0800. The zero-order chi connectivity index (χ0) is 14.1. The Morgan fingerprint density at radius 3 is 2.47 bits per heavy atom. The third-order valence-electron chi connectivity index (χ3n) is 4.72. The minimum atomic E-state index is 0.458. The van der Waals surface area contributed by atoms with E-state index >= 15 is 0 Å². The third kappa shape index (κ3) is 5.83. The van der Waals surface area contributed by atoms with Gasteiger partial charge in [0.25, 0.3) is 0 Å². The molecule has 0 aromatic rings. The van der Waals surface area contributed by atoms with Gasteiger partial charge in [0, 0.05) is 6.54 Å². The first-order valence-electron chi connectivity index (χ1n) is 8.52. The fourth-order valence-corrected chi connectivity index (χ4v) is 3.31. The number of unbranched alkanes of at least 4 members (excludes halogenated alkanes) is 1. The molecule has 19 heavy (non-hydrogen) atoms. The minimum Gasteiger partial charge on any atom is -0.375 e. The van der Waals surface area contributed by atoms with E-state index in [0.29, 0.717) is 17.6 Å². The van der Waals surface area contributed by atoms with Crippen molar-refractivity contribution in [1.29, 1.82) is 0 Å². The first kappa shape index (κ1) is 17.0. The molecule has 114 valence electrons. The molecular formula is C17H35NO. The fraction of sp³-hybridized carbons (Fsp3) is 1.00. The molecule has 1 fully saturated rings. The van der Waals surface area contributed by atoms with E-state index in [9.17, 15) is 0 Å². The number of hydrogen-bond donors (Lipinski definition) is 1. The Kier molecular flexibility index (Phi) is 8.01. The van der Waals surface area contributed by atoms with Crippen molar-refractivity contribution >= 4 is 0 Å². The van der Waals surface area contributed by atoms with Gasteiger partial charge in [0.15, 0.2) is 0 Å². The number of rotatable bonds is 10. The van der Waals surface area contributed by atoms with Gasteiger partial charge in [-0.1, -0.05) is 33.6 Å². The highest BCUT2D eigenvalue weighted by atomic mass is 16.5. The van der Waals surface area contributed by atoms with Gasteiger partial charge in [-0.05, 0) is 57.4 Å². The van der Waals surface area contributed by atoms with Gasteiger partial charge in [0.2, 0.25) is 0 Å². The maximum Gasteiger partial charge on any atom is 0.0585 e. The molecule has 0 saturated carbocycles. The summed E-state index contributed by atoms with van der Waals surface area (Å²) < 4.78 is 6.08. The summed E-state index contributed by atoms with van der Waals surface area (Å²) >= 11 is 0. The Bertz CT molecular complexity index is 231. The molecule has 0 bridgehead atoms. The molecule has 1 aliphatic rings. The molecule has 1 aliphatic heterocycles. The van der Waals surface area contributed by atoms with Crippen LogP contribution in [0.4, 0.5) is 0 Å². The van der Waals surface area contributed by atoms with Crippen molar-refractivity contribution in [3.63, 3.8) is 0 Å². The maximum absolute atomic E-state index is 6.08. The summed E-state index contributed by atoms with van der Waals surface area (Å²) in [4.78, 5) is 0. The Morgan fingerprint density at radius 1 is 1.16 bits per heavy atom. The summed E-state index contributed by atoms with van der Waals surface area (Å²) in [6, 6.07) is 0. The molecule has 2 nitrogen and oxygen atoms in total. The van der Waals surface area contributed by atoms with Gasteiger partial charge in [-0.3, -0.25) is 0 Å². The van der Waals surface area contributed by atoms with Crippen molar-refractivity contribution in [3.05, 3.63) is 0 Å². The first-order chi connectivity index (χ1) is 9.15. The van der Waals surface area contributed by atoms with Gasteiger partial charge in [-0.15, -0.1) is 0 Å². The Balaban J connectivity index is 2.54. The molecule has 0 amide bonds. The highest BCUT2D eigenvalue weighted by Gasteiger charge is 2.33. The van der Waals surface area contributed by atoms with Crippen molar-refractivity contribution < 1.29 is 4.74 Å². The molecule has 0 aromatic heterocycles. The van der Waals surface area contributed by atoms with E-state index in [4.69, 9.17) is 4.74 Å². The van der Waals surface area contributed by atoms with Crippen LogP contribution in [-0.4, -0.2) is 25.3 Å². The van der Waals surface area contributed by atoms with Gasteiger partial charge >= 0.3 is 0 Å². The average Bonchev–Trinajstić information content (AvgIpc) is 2.81. The molecular weight excluding hydrogens is 234 g/mol. The van der Waals surface area contributed by atoms with Crippen LogP contribution in [0.5, 0.6) is 0 Å². The lowest BCUT2D eigenvalue weighted by atomic mass is 9.75. The molecule has 1 heterocycles. The van der Waals surface area contributed by atoms with Gasteiger partial charge in [0.1, 0.15) is 0 Å². The summed E-state index contributed by atoms with van der Waals surface area (Å²) in [6.07, 6.45) is 11.3. The van der Waals surface area contributed by atoms with Crippen molar-refractivity contribution in [3.8, 4) is 0 Å². The molecule has 0 aliphatic carbocycles. The minimum absolute atomic E-state index is 0.458. The summed E-state index contributed by atoms with van der Waals surface area (Å²) in [6.45, 7) is 11.4. The SMILES string of the molecule is CCCCC(CC)(CNCCC)CC1CCC(C)O1. The van der Waals surface area contributed by atoms with Crippen LogP contribution in [0, 0.1) is 5.41 Å². The van der Waals surface area contributed by atoms with Crippen molar-refractivity contribution in [1.82, 2.24) is 5.32 Å². The molecule has 3 atom stereocenters. The van der Waals surface area contributed by atoms with Crippen LogP contribution in [0.15, 0.2) is 0 Å². The highest BCUT2D eigenvalue weighted by Crippen LogP contribution is 2.37. The fourth-order valence-electron chi connectivity index (χ4n) is 3.31. The zero-order valence-corrected chi connectivity index (χ0v) is 13.6. The Morgan fingerprint density at radius 2 is 1.95 bits per heavy atom. The number of hydrogen-bond acceptors (Lipinski definition) is 2. The van der Waals surface area contributed by atoms with Crippen LogP contribution >= 0.6 is 0 Å². The molecule has 1 rings (SSSR count). The Labute approximate surface area is 120 Å². The standard InChI is InChI=1S/C17H35NO/c1-5-8-11-17(7-3,14-18-12-6-2)13-16-10-9-15(4)19-16/h15-16,18H,5-14H2,1-4H3. The molecule has 0 aromatic carbocycles. The number of ether oxygens (including phenoxy) is 1. The van der Waals surface area contributed by atoms with E-state index in [2.05, 4.69) is 33.0 Å². The van der Waals surface area contributed by atoms with Crippen molar-refractivity contribution in [2.45, 2.75) is 91.3 Å². The molecule has 1 N–H and O–H groups in total. The second kappa shape index (κ2) is 8.97. The third-order valence-corrected chi connectivity index (χ3v) is 4.72. The summed E-state index contributed by atoms with van der Waals surface area (Å²) in [5.74, 6) is 0. The zero-order valence-electron chi connectivity index (χ0n) is 13.6. The van der Waals surface area contributed by atoms with Gasteiger partial charge in [0.05, 0.1) is 12.2 Å². The lowest BCUT2D eigenvalue weighted by Crippen LogP contribution is -2.37. The van der Waals surface area contributed by atoms with E-state index in [1.807, 2.05) is 0 Å². The quantitative estimate of drug-likeness (QED) is 0.588. The van der Waals surface area contributed by atoms with Crippen LogP contribution in [0.3, 0.4) is 0 Å². The topological polar surface area (TPSA) is 21.3 Å². The smallest absolute Gasteiger partial charge is 0.0585 e. The molecule has 3 unspecified atom stereocenters. The van der Waals surface area contributed by atoms with Gasteiger partial charge < -0.3 is 10.1 Å². The normalized spacial score (nSPS) is 26.5. The largest absolute Gasteiger partial charge is 0.375 e. The number of nitrogens with one attached hydrogen (secondary N) is 1. The van der Waals surface area contributed by atoms with Gasteiger partial charge in [-0.25, -0.2) is 0 Å². The summed E-state index contributed by atoms with van der Waals surface area (Å²) in [5, 5.41) is 3.67. The predicted molar refractivity (Wildman–Crippen MR) is 83.6 cm³/mol. The lowest BCUT2D eigenvalue weighted by Gasteiger charge is -2.35.